The van der Waals surface area contributed by atoms with Crippen LogP contribution in [-0.4, -0.2) is 44.4 Å². The molecule has 0 saturated carbocycles. The SMILES string of the molecule is CC(C)c1ccc(CN2CCCC(N(Cc3ccc(F)c(C(F)(F)F)c3)C(=O)c3cn(C)cn3)CC2)cc1. The van der Waals surface area contributed by atoms with Gasteiger partial charge < -0.3 is 9.47 Å². The van der Waals surface area contributed by atoms with E-state index in [1.165, 1.54) is 23.5 Å². The van der Waals surface area contributed by atoms with E-state index in [9.17, 15) is 22.4 Å². The molecule has 1 saturated heterocycles. The van der Waals surface area contributed by atoms with Gasteiger partial charge in [-0.3, -0.25) is 9.69 Å². The Bertz CT molecular complexity index is 1240. The molecule has 1 aromatic heterocycles. The first-order valence-corrected chi connectivity index (χ1v) is 13.0. The number of alkyl halides is 3. The number of likely N-dealkylation sites (tertiary alicyclic amines) is 1. The Hall–Kier alpha value is -3.20. The molecule has 1 fully saturated rings. The summed E-state index contributed by atoms with van der Waals surface area (Å²) >= 11 is 0. The molecule has 1 unspecified atom stereocenters. The molecular weight excluding hydrogens is 496 g/mol. The molecule has 2 heterocycles. The lowest BCUT2D eigenvalue weighted by atomic mass is 10.0. The third kappa shape index (κ3) is 6.81. The topological polar surface area (TPSA) is 41.4 Å². The zero-order valence-corrected chi connectivity index (χ0v) is 22.0. The highest BCUT2D eigenvalue weighted by Gasteiger charge is 2.35. The Morgan fingerprint density at radius 3 is 2.42 bits per heavy atom. The van der Waals surface area contributed by atoms with E-state index in [0.717, 1.165) is 38.2 Å². The third-order valence-electron chi connectivity index (χ3n) is 7.16. The molecule has 0 bridgehead atoms. The zero-order valence-electron chi connectivity index (χ0n) is 22.0. The Morgan fingerprint density at radius 1 is 1.08 bits per heavy atom. The first-order valence-electron chi connectivity index (χ1n) is 13.0. The monoisotopic (exact) mass is 530 g/mol. The molecule has 0 aliphatic carbocycles. The van der Waals surface area contributed by atoms with Crippen molar-refractivity contribution in [1.82, 2.24) is 19.4 Å². The van der Waals surface area contributed by atoms with Crippen LogP contribution in [-0.2, 0) is 26.3 Å². The lowest BCUT2D eigenvalue weighted by Crippen LogP contribution is -2.40. The number of carbonyl (C=O) groups is 1. The molecule has 1 aliphatic rings. The van der Waals surface area contributed by atoms with Gasteiger partial charge in [0.05, 0.1) is 11.9 Å². The van der Waals surface area contributed by atoms with Crippen LogP contribution in [0.15, 0.2) is 55.0 Å². The number of aromatic nitrogens is 2. The smallest absolute Gasteiger partial charge is 0.340 e. The number of hydrogen-bond acceptors (Lipinski definition) is 3. The molecule has 38 heavy (non-hydrogen) atoms. The number of hydrogen-bond donors (Lipinski definition) is 0. The van der Waals surface area contributed by atoms with Crippen LogP contribution >= 0.6 is 0 Å². The van der Waals surface area contributed by atoms with Crippen LogP contribution in [0.1, 0.15) is 71.8 Å². The van der Waals surface area contributed by atoms with Crippen LogP contribution in [0.5, 0.6) is 0 Å². The van der Waals surface area contributed by atoms with Gasteiger partial charge in [-0.25, -0.2) is 9.37 Å². The van der Waals surface area contributed by atoms with Gasteiger partial charge in [0.1, 0.15) is 11.5 Å². The fourth-order valence-electron chi connectivity index (χ4n) is 5.00. The van der Waals surface area contributed by atoms with Gasteiger partial charge in [0, 0.05) is 38.9 Å². The van der Waals surface area contributed by atoms with E-state index in [1.807, 2.05) is 0 Å². The summed E-state index contributed by atoms with van der Waals surface area (Å²) in [6.45, 7) is 6.69. The van der Waals surface area contributed by atoms with Gasteiger partial charge in [-0.1, -0.05) is 44.2 Å². The molecule has 0 spiro atoms. The minimum absolute atomic E-state index is 0.0555. The molecule has 0 radical (unpaired) electrons. The average molecular weight is 531 g/mol. The lowest BCUT2D eigenvalue weighted by Gasteiger charge is -2.31. The Balaban J connectivity index is 1.52. The number of carbonyl (C=O) groups excluding carboxylic acids is 1. The number of halogens is 4. The van der Waals surface area contributed by atoms with E-state index >= 15 is 0 Å². The minimum Gasteiger partial charge on any atom is -0.340 e. The molecule has 2 aromatic carbocycles. The van der Waals surface area contributed by atoms with Crippen molar-refractivity contribution >= 4 is 5.91 Å². The highest BCUT2D eigenvalue weighted by atomic mass is 19.4. The van der Waals surface area contributed by atoms with Crippen molar-refractivity contribution in [3.8, 4) is 0 Å². The fraction of sp³-hybridized carbons (Fsp3) is 0.448. The number of amides is 1. The maximum Gasteiger partial charge on any atom is 0.419 e. The molecule has 5 nitrogen and oxygen atoms in total. The summed E-state index contributed by atoms with van der Waals surface area (Å²) in [6, 6.07) is 11.4. The van der Waals surface area contributed by atoms with E-state index in [4.69, 9.17) is 0 Å². The molecule has 4 rings (SSSR count). The summed E-state index contributed by atoms with van der Waals surface area (Å²) < 4.78 is 55.6. The average Bonchev–Trinajstić information content (AvgIpc) is 3.17. The van der Waals surface area contributed by atoms with Crippen LogP contribution in [0.4, 0.5) is 17.6 Å². The van der Waals surface area contributed by atoms with Crippen LogP contribution < -0.4 is 0 Å². The van der Waals surface area contributed by atoms with E-state index in [2.05, 4.69) is 48.0 Å². The maximum absolute atomic E-state index is 13.9. The van der Waals surface area contributed by atoms with Crippen molar-refractivity contribution in [1.29, 1.82) is 0 Å². The predicted octanol–water partition coefficient (Wildman–Crippen LogP) is 6.40. The van der Waals surface area contributed by atoms with Crippen LogP contribution in [0.3, 0.4) is 0 Å². The summed E-state index contributed by atoms with van der Waals surface area (Å²) in [5.74, 6) is -1.19. The number of imidazole rings is 1. The largest absolute Gasteiger partial charge is 0.419 e. The van der Waals surface area contributed by atoms with Gasteiger partial charge in [0.25, 0.3) is 5.91 Å². The van der Waals surface area contributed by atoms with Crippen molar-refractivity contribution in [3.63, 3.8) is 0 Å². The highest BCUT2D eigenvalue weighted by Crippen LogP contribution is 2.33. The molecule has 0 N–H and O–H groups in total. The molecule has 3 aromatic rings. The molecule has 204 valence electrons. The van der Waals surface area contributed by atoms with Crippen molar-refractivity contribution < 1.29 is 22.4 Å². The second-order valence-corrected chi connectivity index (χ2v) is 10.4. The summed E-state index contributed by atoms with van der Waals surface area (Å²) in [5, 5.41) is 0. The Labute approximate surface area is 221 Å². The van der Waals surface area contributed by atoms with Crippen molar-refractivity contribution in [2.75, 3.05) is 13.1 Å². The van der Waals surface area contributed by atoms with Crippen molar-refractivity contribution in [2.24, 2.45) is 7.05 Å². The quantitative estimate of drug-likeness (QED) is 0.332. The van der Waals surface area contributed by atoms with Crippen molar-refractivity contribution in [2.45, 2.75) is 64.3 Å². The van der Waals surface area contributed by atoms with Gasteiger partial charge in [-0.2, -0.15) is 13.2 Å². The molecule has 9 heteroatoms. The summed E-state index contributed by atoms with van der Waals surface area (Å²) in [7, 11) is 1.75. The number of benzene rings is 2. The third-order valence-corrected chi connectivity index (χ3v) is 7.16. The van der Waals surface area contributed by atoms with Gasteiger partial charge in [-0.15, -0.1) is 0 Å². The van der Waals surface area contributed by atoms with E-state index in [-0.39, 0.29) is 29.8 Å². The van der Waals surface area contributed by atoms with E-state index in [1.54, 1.807) is 22.7 Å². The molecule has 1 aliphatic heterocycles. The second kappa shape index (κ2) is 11.7. The zero-order chi connectivity index (χ0) is 27.4. The standard InChI is InChI=1S/C29H34F4N4O/c1-20(2)23-9-6-21(7-10-23)16-36-13-4-5-24(12-14-36)37(28(38)27-18-35(3)19-34-27)17-22-8-11-26(30)25(15-22)29(31,32)33/h6-11,15,18-20,24H,4-5,12-14,16-17H2,1-3H3. The van der Waals surface area contributed by atoms with E-state index < -0.39 is 17.6 Å². The van der Waals surface area contributed by atoms with Crippen LogP contribution in [0, 0.1) is 5.82 Å². The number of nitrogens with zero attached hydrogens (tertiary/aromatic N) is 4. The van der Waals surface area contributed by atoms with Gasteiger partial charge in [0.2, 0.25) is 0 Å². The highest BCUT2D eigenvalue weighted by molar-refractivity contribution is 5.92. The van der Waals surface area contributed by atoms with Gasteiger partial charge in [0.15, 0.2) is 0 Å². The Morgan fingerprint density at radius 2 is 1.79 bits per heavy atom. The normalized spacial score (nSPS) is 17.0. The van der Waals surface area contributed by atoms with Crippen molar-refractivity contribution in [3.05, 3.63) is 88.8 Å². The molecule has 1 amide bonds. The van der Waals surface area contributed by atoms with E-state index in [0.29, 0.717) is 18.8 Å². The van der Waals surface area contributed by atoms with Gasteiger partial charge in [-0.05, 0) is 60.5 Å². The lowest BCUT2D eigenvalue weighted by molar-refractivity contribution is -0.140. The molecular formula is C29H34F4N4O. The summed E-state index contributed by atoms with van der Waals surface area (Å²) in [6.07, 6.45) is 0.546. The summed E-state index contributed by atoms with van der Waals surface area (Å²) in [5.41, 5.74) is 1.66. The number of rotatable bonds is 7. The predicted molar refractivity (Wildman–Crippen MR) is 138 cm³/mol. The Kier molecular flexibility index (Phi) is 8.55. The molecule has 1 atom stereocenters. The maximum atomic E-state index is 13.9. The summed E-state index contributed by atoms with van der Waals surface area (Å²) in [4.78, 5) is 21.7. The fourth-order valence-corrected chi connectivity index (χ4v) is 5.00. The van der Waals surface area contributed by atoms with Crippen LogP contribution in [0.2, 0.25) is 0 Å². The minimum atomic E-state index is -4.81. The first kappa shape index (κ1) is 27.8. The van der Waals surface area contributed by atoms with Gasteiger partial charge >= 0.3 is 6.18 Å². The van der Waals surface area contributed by atoms with Crippen LogP contribution in [0.25, 0.3) is 0 Å². The second-order valence-electron chi connectivity index (χ2n) is 10.4. The first-order chi connectivity index (χ1) is 18.0. The number of aryl methyl sites for hydroxylation is 1.